The summed E-state index contributed by atoms with van der Waals surface area (Å²) in [6, 6.07) is 9.29. The molecule has 1 amide bonds. The fourth-order valence-corrected chi connectivity index (χ4v) is 9.35. The van der Waals surface area contributed by atoms with Crippen molar-refractivity contribution in [3.05, 3.63) is 52.1 Å². The smallest absolute Gasteiger partial charge is 0.275 e. The van der Waals surface area contributed by atoms with Crippen molar-refractivity contribution in [2.24, 2.45) is 16.7 Å². The molecule has 0 radical (unpaired) electrons. The Kier molecular flexibility index (Phi) is 6.97. The molecule has 4 fully saturated rings. The number of aromatic nitrogens is 2. The zero-order chi connectivity index (χ0) is 30.1. The Labute approximate surface area is 259 Å². The highest BCUT2D eigenvalue weighted by Crippen LogP contribution is 2.59. The van der Waals surface area contributed by atoms with Gasteiger partial charge in [-0.2, -0.15) is 5.26 Å². The van der Waals surface area contributed by atoms with Gasteiger partial charge in [0.25, 0.3) is 5.91 Å². The standard InChI is InChI=1S/C34H39ClN6O2/c1-33(2)31(34(3,4)32(33)43-26-12-8-21(15-36)27(35)14-26)41-19-28-29(30(41)42)38-16-22(39-28)9-5-20-6-10-24(11-7-20)40-18-23-13-25(40)17-37-23/h8,12,14,16,20,23-25,31-32,37H,6-7,10-11,13,17-19H2,1-4H3. The lowest BCUT2D eigenvalue weighted by Crippen LogP contribution is -2.74. The fourth-order valence-electron chi connectivity index (χ4n) is 9.13. The van der Waals surface area contributed by atoms with Crippen LogP contribution in [0.25, 0.3) is 0 Å². The summed E-state index contributed by atoms with van der Waals surface area (Å²) in [7, 11) is 0. The van der Waals surface area contributed by atoms with Crippen LogP contribution in [0.4, 0.5) is 0 Å². The molecule has 9 heteroatoms. The van der Waals surface area contributed by atoms with Crippen molar-refractivity contribution < 1.29 is 9.53 Å². The van der Waals surface area contributed by atoms with Crippen LogP contribution in [0.2, 0.25) is 5.02 Å². The maximum absolute atomic E-state index is 13.6. The highest BCUT2D eigenvalue weighted by molar-refractivity contribution is 6.31. The van der Waals surface area contributed by atoms with E-state index in [1.165, 1.54) is 25.8 Å². The molecule has 4 heterocycles. The van der Waals surface area contributed by atoms with E-state index in [4.69, 9.17) is 21.3 Å². The summed E-state index contributed by atoms with van der Waals surface area (Å²) in [5, 5.41) is 13.2. The van der Waals surface area contributed by atoms with Gasteiger partial charge >= 0.3 is 0 Å². The van der Waals surface area contributed by atoms with Gasteiger partial charge in [-0.1, -0.05) is 45.2 Å². The lowest BCUT2D eigenvalue weighted by atomic mass is 9.49. The van der Waals surface area contributed by atoms with E-state index < -0.39 is 0 Å². The number of ether oxygens (including phenoxy) is 1. The fraction of sp³-hybridized carbons (Fsp3) is 0.588. The van der Waals surface area contributed by atoms with Crippen LogP contribution in [0.3, 0.4) is 0 Å². The number of carbonyl (C=O) groups excluding carboxylic acids is 1. The highest BCUT2D eigenvalue weighted by atomic mass is 35.5. The van der Waals surface area contributed by atoms with Crippen LogP contribution in [0.15, 0.2) is 24.4 Å². The molecule has 2 unspecified atom stereocenters. The van der Waals surface area contributed by atoms with Gasteiger partial charge in [0.05, 0.1) is 29.0 Å². The van der Waals surface area contributed by atoms with E-state index in [1.807, 2.05) is 4.90 Å². The van der Waals surface area contributed by atoms with Crippen LogP contribution in [0.5, 0.6) is 5.75 Å². The molecule has 0 spiro atoms. The van der Waals surface area contributed by atoms with Gasteiger partial charge in [-0.3, -0.25) is 9.69 Å². The molecule has 8 nitrogen and oxygen atoms in total. The van der Waals surface area contributed by atoms with E-state index in [-0.39, 0.29) is 28.9 Å². The maximum atomic E-state index is 13.6. The largest absolute Gasteiger partial charge is 0.489 e. The van der Waals surface area contributed by atoms with Gasteiger partial charge in [0, 0.05) is 60.1 Å². The monoisotopic (exact) mass is 598 g/mol. The quantitative estimate of drug-likeness (QED) is 0.506. The Morgan fingerprint density at radius 1 is 1.12 bits per heavy atom. The summed E-state index contributed by atoms with van der Waals surface area (Å²) < 4.78 is 6.43. The lowest BCUT2D eigenvalue weighted by molar-refractivity contribution is -0.199. The average Bonchev–Trinajstić information content (AvgIpc) is 3.70. The summed E-state index contributed by atoms with van der Waals surface area (Å²) >= 11 is 6.26. The number of likely N-dealkylation sites (tertiary alicyclic amines) is 1. The van der Waals surface area contributed by atoms with E-state index in [1.54, 1.807) is 24.4 Å². The summed E-state index contributed by atoms with van der Waals surface area (Å²) in [4.78, 5) is 27.6. The first-order valence-corrected chi connectivity index (χ1v) is 16.0. The third-order valence-corrected chi connectivity index (χ3v) is 11.0. The minimum absolute atomic E-state index is 0.0753. The molecule has 7 rings (SSSR count). The molecule has 1 aromatic heterocycles. The second-order valence-corrected chi connectivity index (χ2v) is 14.7. The number of fused-ring (bicyclic) bond motifs is 3. The molecule has 1 N–H and O–H groups in total. The lowest BCUT2D eigenvalue weighted by Gasteiger charge is -2.65. The molecule has 43 heavy (non-hydrogen) atoms. The Morgan fingerprint density at radius 2 is 1.88 bits per heavy atom. The van der Waals surface area contributed by atoms with Gasteiger partial charge in [-0.15, -0.1) is 0 Å². The third kappa shape index (κ3) is 4.79. The summed E-state index contributed by atoms with van der Waals surface area (Å²) in [6.45, 7) is 11.3. The number of rotatable bonds is 4. The minimum atomic E-state index is -0.339. The van der Waals surface area contributed by atoms with Gasteiger partial charge in [0.1, 0.15) is 23.6 Å². The number of nitrogens with one attached hydrogen (secondary N) is 1. The van der Waals surface area contributed by atoms with E-state index in [2.05, 4.69) is 60.8 Å². The SMILES string of the molecule is CC1(C)C(Oc2ccc(C#N)c(Cl)c2)C(C)(C)C1N1Cc2nc(C#CC3CCC(N4CC5CC4CN5)CC3)cnc2C1=O. The van der Waals surface area contributed by atoms with Crippen molar-refractivity contribution in [3.8, 4) is 23.7 Å². The number of benzene rings is 1. The Balaban J connectivity index is 1.00. The van der Waals surface area contributed by atoms with Crippen molar-refractivity contribution in [1.29, 1.82) is 5.26 Å². The summed E-state index contributed by atoms with van der Waals surface area (Å²) in [5.41, 5.74) is 1.51. The average molecular weight is 599 g/mol. The molecule has 3 aliphatic heterocycles. The molecule has 2 bridgehead atoms. The Bertz CT molecular complexity index is 1550. The van der Waals surface area contributed by atoms with E-state index >= 15 is 0 Å². The predicted molar refractivity (Wildman–Crippen MR) is 163 cm³/mol. The number of carbonyl (C=O) groups is 1. The van der Waals surface area contributed by atoms with Gasteiger partial charge in [0.2, 0.25) is 0 Å². The second kappa shape index (κ2) is 10.5. The topological polar surface area (TPSA) is 94.4 Å². The number of hydrogen-bond acceptors (Lipinski definition) is 7. The number of nitrogens with zero attached hydrogens (tertiary/aromatic N) is 5. The zero-order valence-corrected chi connectivity index (χ0v) is 26.1. The van der Waals surface area contributed by atoms with E-state index in [0.29, 0.717) is 58.0 Å². The first kappa shape index (κ1) is 28.6. The summed E-state index contributed by atoms with van der Waals surface area (Å²) in [5.74, 6) is 7.70. The molecular formula is C34H39ClN6O2. The molecule has 5 aliphatic rings. The van der Waals surface area contributed by atoms with Gasteiger partial charge < -0.3 is 15.0 Å². The van der Waals surface area contributed by atoms with Crippen molar-refractivity contribution in [3.63, 3.8) is 0 Å². The molecule has 1 aromatic carbocycles. The van der Waals surface area contributed by atoms with Crippen LogP contribution in [0, 0.1) is 39.9 Å². The number of hydrogen-bond donors (Lipinski definition) is 1. The normalized spacial score (nSPS) is 32.0. The first-order valence-electron chi connectivity index (χ1n) is 15.6. The molecule has 2 aromatic rings. The van der Waals surface area contributed by atoms with Crippen LogP contribution in [-0.2, 0) is 6.54 Å². The predicted octanol–water partition coefficient (Wildman–Crippen LogP) is 4.80. The molecule has 2 atom stereocenters. The van der Waals surface area contributed by atoms with Crippen LogP contribution in [-0.4, -0.2) is 69.0 Å². The van der Waals surface area contributed by atoms with E-state index in [9.17, 15) is 10.1 Å². The van der Waals surface area contributed by atoms with E-state index in [0.717, 1.165) is 25.4 Å². The van der Waals surface area contributed by atoms with Crippen molar-refractivity contribution >= 4 is 17.5 Å². The molecular weight excluding hydrogens is 560 g/mol. The van der Waals surface area contributed by atoms with Crippen LogP contribution < -0.4 is 10.1 Å². The highest BCUT2D eigenvalue weighted by Gasteiger charge is 2.67. The number of amides is 1. The van der Waals surface area contributed by atoms with Crippen molar-refractivity contribution in [2.45, 2.75) is 96.6 Å². The Hall–Kier alpha value is -3.17. The molecule has 2 aliphatic carbocycles. The van der Waals surface area contributed by atoms with Gasteiger partial charge in [0.15, 0.2) is 5.69 Å². The summed E-state index contributed by atoms with van der Waals surface area (Å²) in [6.07, 6.45) is 7.51. The molecule has 224 valence electrons. The number of piperazine rings is 1. The third-order valence-electron chi connectivity index (χ3n) is 10.7. The molecule has 2 saturated carbocycles. The minimum Gasteiger partial charge on any atom is -0.489 e. The second-order valence-electron chi connectivity index (χ2n) is 14.2. The van der Waals surface area contributed by atoms with Gasteiger partial charge in [-0.25, -0.2) is 9.97 Å². The van der Waals surface area contributed by atoms with Crippen molar-refractivity contribution in [2.75, 3.05) is 13.1 Å². The Morgan fingerprint density at radius 3 is 2.53 bits per heavy atom. The molecule has 2 saturated heterocycles. The zero-order valence-electron chi connectivity index (χ0n) is 25.4. The van der Waals surface area contributed by atoms with Crippen LogP contribution >= 0.6 is 11.6 Å². The van der Waals surface area contributed by atoms with Crippen LogP contribution in [0.1, 0.15) is 87.2 Å². The maximum Gasteiger partial charge on any atom is 0.275 e. The first-order chi connectivity index (χ1) is 20.6. The van der Waals surface area contributed by atoms with Crippen molar-refractivity contribution in [1.82, 2.24) is 25.1 Å². The number of halogens is 1. The number of nitriles is 1. The van der Waals surface area contributed by atoms with Gasteiger partial charge in [-0.05, 0) is 50.2 Å².